The summed E-state index contributed by atoms with van der Waals surface area (Å²) in [5, 5.41) is 11.3. The summed E-state index contributed by atoms with van der Waals surface area (Å²) in [4.78, 5) is 11.2. The second-order valence-electron chi connectivity index (χ2n) is 4.88. The molecule has 0 unspecified atom stereocenters. The monoisotopic (exact) mass is 231 g/mol. The number of para-hydroxylation sites is 1. The van der Waals surface area contributed by atoms with Crippen molar-refractivity contribution in [2.45, 2.75) is 33.2 Å². The van der Waals surface area contributed by atoms with Crippen LogP contribution < -0.4 is 5.32 Å². The van der Waals surface area contributed by atoms with Crippen LogP contribution in [0.1, 0.15) is 32.0 Å². The fraction of sp³-hybridized carbons (Fsp3) is 0.385. The van der Waals surface area contributed by atoms with E-state index in [4.69, 9.17) is 0 Å². The second kappa shape index (κ2) is 3.87. The predicted octanol–water partition coefficient (Wildman–Crippen LogP) is 2.24. The first-order valence-corrected chi connectivity index (χ1v) is 5.65. The molecular weight excluding hydrogens is 214 g/mol. The highest BCUT2D eigenvalue weighted by Gasteiger charge is 2.26. The van der Waals surface area contributed by atoms with Gasteiger partial charge in [0.15, 0.2) is 0 Å². The van der Waals surface area contributed by atoms with Crippen LogP contribution in [0.4, 0.5) is 0 Å². The molecule has 4 heteroatoms. The summed E-state index contributed by atoms with van der Waals surface area (Å²) in [7, 11) is 0. The number of rotatable bonds is 2. The summed E-state index contributed by atoms with van der Waals surface area (Å²) in [6, 6.07) is 6.06. The average Bonchev–Trinajstić information content (AvgIpc) is 2.61. The smallest absolute Gasteiger partial charge is 0.217 e. The number of aromatic amines is 1. The van der Waals surface area contributed by atoms with Crippen LogP contribution in [0.2, 0.25) is 0 Å². The summed E-state index contributed by atoms with van der Waals surface area (Å²) in [5.74, 6) is -0.0567. The van der Waals surface area contributed by atoms with Gasteiger partial charge in [0.25, 0.3) is 0 Å². The van der Waals surface area contributed by atoms with Crippen molar-refractivity contribution in [3.8, 4) is 0 Å². The van der Waals surface area contributed by atoms with Crippen LogP contribution >= 0.6 is 0 Å². The van der Waals surface area contributed by atoms with E-state index in [9.17, 15) is 4.79 Å². The third kappa shape index (κ3) is 2.02. The quantitative estimate of drug-likeness (QED) is 0.832. The first-order chi connectivity index (χ1) is 7.92. The zero-order valence-corrected chi connectivity index (χ0v) is 10.6. The standard InChI is InChI=1S/C13H17N3O/c1-8-6-5-7-10-11(8)15-16-12(10)13(3,4)14-9(2)17/h5-7H,1-4H3,(H,14,17)(H,15,16). The van der Waals surface area contributed by atoms with Crippen LogP contribution in [0.5, 0.6) is 0 Å². The fourth-order valence-corrected chi connectivity index (χ4v) is 2.16. The van der Waals surface area contributed by atoms with Gasteiger partial charge >= 0.3 is 0 Å². The van der Waals surface area contributed by atoms with Crippen molar-refractivity contribution in [2.24, 2.45) is 0 Å². The van der Waals surface area contributed by atoms with Crippen LogP contribution in [0.3, 0.4) is 0 Å². The molecule has 0 bridgehead atoms. The molecule has 0 atom stereocenters. The number of nitrogens with zero attached hydrogens (tertiary/aromatic N) is 1. The molecule has 0 aliphatic heterocycles. The van der Waals surface area contributed by atoms with Gasteiger partial charge in [-0.2, -0.15) is 5.10 Å². The Hall–Kier alpha value is -1.84. The SMILES string of the molecule is CC(=O)NC(C)(C)c1n[nH]c2c(C)cccc12. The summed E-state index contributed by atoms with van der Waals surface area (Å²) in [6.45, 7) is 7.45. The lowest BCUT2D eigenvalue weighted by Gasteiger charge is -2.23. The van der Waals surface area contributed by atoms with Gasteiger partial charge in [0, 0.05) is 12.3 Å². The Morgan fingerprint density at radius 3 is 2.76 bits per heavy atom. The van der Waals surface area contributed by atoms with Crippen molar-refractivity contribution in [3.63, 3.8) is 0 Å². The van der Waals surface area contributed by atoms with Crippen molar-refractivity contribution in [2.75, 3.05) is 0 Å². The number of aromatic nitrogens is 2. The Bertz CT molecular complexity index is 569. The summed E-state index contributed by atoms with van der Waals surface area (Å²) in [6.07, 6.45) is 0. The Kier molecular flexibility index (Phi) is 2.65. The normalized spacial score (nSPS) is 11.8. The van der Waals surface area contributed by atoms with E-state index in [0.29, 0.717) is 0 Å². The van der Waals surface area contributed by atoms with Crippen LogP contribution in [-0.2, 0) is 10.3 Å². The van der Waals surface area contributed by atoms with E-state index in [1.54, 1.807) is 0 Å². The summed E-state index contributed by atoms with van der Waals surface area (Å²) >= 11 is 0. The van der Waals surface area contributed by atoms with Gasteiger partial charge < -0.3 is 5.32 Å². The minimum absolute atomic E-state index is 0.0567. The van der Waals surface area contributed by atoms with Gasteiger partial charge in [0.2, 0.25) is 5.91 Å². The first-order valence-electron chi connectivity index (χ1n) is 5.65. The Morgan fingerprint density at radius 2 is 2.12 bits per heavy atom. The molecule has 17 heavy (non-hydrogen) atoms. The Balaban J connectivity index is 2.56. The molecule has 1 aromatic heterocycles. The minimum Gasteiger partial charge on any atom is -0.346 e. The lowest BCUT2D eigenvalue weighted by Crippen LogP contribution is -2.40. The number of aryl methyl sites for hydroxylation is 1. The van der Waals surface area contributed by atoms with E-state index in [0.717, 1.165) is 22.2 Å². The van der Waals surface area contributed by atoms with Gasteiger partial charge in [-0.15, -0.1) is 0 Å². The number of hydrogen-bond donors (Lipinski definition) is 2. The van der Waals surface area contributed by atoms with E-state index in [1.807, 2.05) is 39.0 Å². The number of carbonyl (C=O) groups is 1. The Labute approximate surface area is 100 Å². The zero-order valence-electron chi connectivity index (χ0n) is 10.6. The predicted molar refractivity (Wildman–Crippen MR) is 67.7 cm³/mol. The minimum atomic E-state index is -0.474. The van der Waals surface area contributed by atoms with Crippen molar-refractivity contribution >= 4 is 16.8 Å². The van der Waals surface area contributed by atoms with E-state index in [1.165, 1.54) is 6.92 Å². The van der Waals surface area contributed by atoms with Crippen molar-refractivity contribution < 1.29 is 4.79 Å². The third-order valence-electron chi connectivity index (χ3n) is 2.89. The summed E-state index contributed by atoms with van der Waals surface area (Å²) in [5.41, 5.74) is 2.57. The maximum absolute atomic E-state index is 11.2. The molecule has 0 spiro atoms. The molecule has 1 heterocycles. The molecule has 0 radical (unpaired) electrons. The van der Waals surface area contributed by atoms with Gasteiger partial charge in [-0.3, -0.25) is 9.89 Å². The Morgan fingerprint density at radius 1 is 1.41 bits per heavy atom. The highest BCUT2D eigenvalue weighted by atomic mass is 16.1. The number of H-pyrrole nitrogens is 1. The third-order valence-corrected chi connectivity index (χ3v) is 2.89. The van der Waals surface area contributed by atoms with Gasteiger partial charge in [-0.1, -0.05) is 18.2 Å². The maximum Gasteiger partial charge on any atom is 0.217 e. The molecule has 1 aromatic carbocycles. The number of benzene rings is 1. The maximum atomic E-state index is 11.2. The average molecular weight is 231 g/mol. The largest absolute Gasteiger partial charge is 0.346 e. The van der Waals surface area contributed by atoms with E-state index < -0.39 is 5.54 Å². The highest BCUT2D eigenvalue weighted by molar-refractivity contribution is 5.85. The fourth-order valence-electron chi connectivity index (χ4n) is 2.16. The van der Waals surface area contributed by atoms with E-state index in [2.05, 4.69) is 15.5 Å². The van der Waals surface area contributed by atoms with Crippen LogP contribution in [-0.4, -0.2) is 16.1 Å². The van der Waals surface area contributed by atoms with Crippen LogP contribution in [0.25, 0.3) is 10.9 Å². The molecule has 0 saturated heterocycles. The number of nitrogens with one attached hydrogen (secondary N) is 2. The van der Waals surface area contributed by atoms with Gasteiger partial charge in [-0.05, 0) is 26.3 Å². The topological polar surface area (TPSA) is 57.8 Å². The first kappa shape index (κ1) is 11.6. The molecule has 90 valence electrons. The van der Waals surface area contributed by atoms with Crippen LogP contribution in [0, 0.1) is 6.92 Å². The van der Waals surface area contributed by atoms with Gasteiger partial charge in [0.05, 0.1) is 16.7 Å². The highest BCUT2D eigenvalue weighted by Crippen LogP contribution is 2.27. The molecule has 1 amide bonds. The van der Waals surface area contributed by atoms with Crippen LogP contribution in [0.15, 0.2) is 18.2 Å². The van der Waals surface area contributed by atoms with Gasteiger partial charge in [0.1, 0.15) is 0 Å². The van der Waals surface area contributed by atoms with E-state index >= 15 is 0 Å². The van der Waals surface area contributed by atoms with Crippen molar-refractivity contribution in [1.29, 1.82) is 0 Å². The molecule has 4 nitrogen and oxygen atoms in total. The molecule has 0 saturated carbocycles. The number of carbonyl (C=O) groups excluding carboxylic acids is 1. The molecule has 2 N–H and O–H groups in total. The summed E-state index contributed by atoms with van der Waals surface area (Å²) < 4.78 is 0. The molecule has 2 aromatic rings. The van der Waals surface area contributed by atoms with Gasteiger partial charge in [-0.25, -0.2) is 0 Å². The van der Waals surface area contributed by atoms with Crippen molar-refractivity contribution in [3.05, 3.63) is 29.5 Å². The molecule has 2 rings (SSSR count). The lowest BCUT2D eigenvalue weighted by atomic mass is 9.96. The molecule has 0 fully saturated rings. The number of amides is 1. The van der Waals surface area contributed by atoms with E-state index in [-0.39, 0.29) is 5.91 Å². The van der Waals surface area contributed by atoms with Crippen molar-refractivity contribution in [1.82, 2.24) is 15.5 Å². The molecule has 0 aliphatic rings. The molecular formula is C13H17N3O. The number of fused-ring (bicyclic) bond motifs is 1. The lowest BCUT2D eigenvalue weighted by molar-refractivity contribution is -0.120. The molecule has 0 aliphatic carbocycles. The zero-order chi connectivity index (χ0) is 12.6. The number of hydrogen-bond acceptors (Lipinski definition) is 2. The second-order valence-corrected chi connectivity index (χ2v) is 4.88.